The van der Waals surface area contributed by atoms with E-state index in [1.807, 2.05) is 91.0 Å². The lowest BCUT2D eigenvalue weighted by molar-refractivity contribution is 0.123. The molecule has 32 heavy (non-hydrogen) atoms. The molecule has 162 valence electrons. The Morgan fingerprint density at radius 3 is 2.22 bits per heavy atom. The molecule has 0 aliphatic carbocycles. The van der Waals surface area contributed by atoms with Gasteiger partial charge in [-0.05, 0) is 34.9 Å². The Bertz CT molecular complexity index is 1110. The van der Waals surface area contributed by atoms with Crippen LogP contribution in [0.15, 0.2) is 90.6 Å². The Hall–Kier alpha value is -4.06. The molecular formula is C26H25N3O3. The first-order valence-electron chi connectivity index (χ1n) is 10.3. The van der Waals surface area contributed by atoms with E-state index in [4.69, 9.17) is 14.9 Å². The molecule has 1 N–H and O–H groups in total. The van der Waals surface area contributed by atoms with Gasteiger partial charge in [-0.2, -0.15) is 0 Å². The van der Waals surface area contributed by atoms with Crippen molar-refractivity contribution < 1.29 is 14.3 Å². The largest absolute Gasteiger partial charge is 0.497 e. The number of nitrogens with one attached hydrogen (secondary N) is 1. The predicted octanol–water partition coefficient (Wildman–Crippen LogP) is 5.30. The van der Waals surface area contributed by atoms with E-state index in [1.165, 1.54) is 4.90 Å². The molecule has 4 rings (SSSR count). The standard InChI is InChI=1S/C26H25N3O3/c1-28-24(21-13-15-22(31-2)16-14-21)23(17-19-9-5-3-6-10-19)29(25(28)27)26(30)32-18-20-11-7-4-8-12-20/h3-17,24,27H,18H2,1-2H3. The second-order valence-electron chi connectivity index (χ2n) is 7.47. The van der Waals surface area contributed by atoms with E-state index in [9.17, 15) is 4.79 Å². The van der Waals surface area contributed by atoms with Crippen molar-refractivity contribution >= 4 is 18.1 Å². The molecule has 1 fully saturated rings. The number of carbonyl (C=O) groups excluding carboxylic acids is 1. The average Bonchev–Trinajstić information content (AvgIpc) is 3.08. The molecule has 0 bridgehead atoms. The minimum absolute atomic E-state index is 0.0612. The third kappa shape index (κ3) is 4.34. The molecule has 1 aliphatic heterocycles. The number of likely N-dealkylation sites (N-methyl/N-ethyl adjacent to an activating group) is 1. The highest BCUT2D eigenvalue weighted by molar-refractivity contribution is 5.98. The van der Waals surface area contributed by atoms with E-state index in [0.717, 1.165) is 22.4 Å². The zero-order valence-corrected chi connectivity index (χ0v) is 18.1. The molecule has 1 aliphatic rings. The van der Waals surface area contributed by atoms with E-state index >= 15 is 0 Å². The van der Waals surface area contributed by atoms with Crippen molar-refractivity contribution in [2.45, 2.75) is 12.6 Å². The third-order valence-corrected chi connectivity index (χ3v) is 5.40. The van der Waals surface area contributed by atoms with Crippen molar-refractivity contribution in [2.75, 3.05) is 14.2 Å². The summed E-state index contributed by atoms with van der Waals surface area (Å²) in [6.07, 6.45) is 1.35. The molecule has 6 nitrogen and oxygen atoms in total. The van der Waals surface area contributed by atoms with E-state index in [0.29, 0.717) is 5.70 Å². The third-order valence-electron chi connectivity index (χ3n) is 5.40. The summed E-state index contributed by atoms with van der Waals surface area (Å²) in [5.74, 6) is 0.809. The lowest BCUT2D eigenvalue weighted by Gasteiger charge is -2.20. The van der Waals surface area contributed by atoms with Crippen molar-refractivity contribution in [3.63, 3.8) is 0 Å². The fraction of sp³-hybridized carbons (Fsp3) is 0.154. The fourth-order valence-corrected chi connectivity index (χ4v) is 3.74. The number of benzene rings is 3. The van der Waals surface area contributed by atoms with Crippen LogP contribution in [0.25, 0.3) is 6.08 Å². The molecule has 0 aromatic heterocycles. The Balaban J connectivity index is 1.69. The number of methoxy groups -OCH3 is 1. The number of guanidine groups is 1. The minimum atomic E-state index is -0.580. The van der Waals surface area contributed by atoms with Crippen LogP contribution in [0, 0.1) is 5.41 Å². The first kappa shape index (κ1) is 21.2. The van der Waals surface area contributed by atoms with Gasteiger partial charge in [0, 0.05) is 7.05 Å². The second kappa shape index (κ2) is 9.39. The fourth-order valence-electron chi connectivity index (χ4n) is 3.74. The summed E-state index contributed by atoms with van der Waals surface area (Å²) in [6, 6.07) is 26.6. The number of hydrogen-bond acceptors (Lipinski definition) is 4. The SMILES string of the molecule is COc1ccc(C2C(=Cc3ccccc3)N(C(=O)OCc3ccccc3)C(=N)N2C)cc1. The van der Waals surface area contributed by atoms with Crippen molar-refractivity contribution in [2.24, 2.45) is 0 Å². The van der Waals surface area contributed by atoms with Crippen LogP contribution < -0.4 is 4.74 Å². The van der Waals surface area contributed by atoms with Crippen LogP contribution in [-0.4, -0.2) is 36.0 Å². The monoisotopic (exact) mass is 427 g/mol. The number of amides is 1. The molecule has 0 spiro atoms. The van der Waals surface area contributed by atoms with Gasteiger partial charge in [0.15, 0.2) is 0 Å². The van der Waals surface area contributed by atoms with Crippen LogP contribution >= 0.6 is 0 Å². The molecule has 3 aromatic rings. The summed E-state index contributed by atoms with van der Waals surface area (Å²) in [6.45, 7) is 0.138. The normalized spacial score (nSPS) is 17.0. The van der Waals surface area contributed by atoms with Crippen molar-refractivity contribution in [1.82, 2.24) is 9.80 Å². The van der Waals surface area contributed by atoms with Gasteiger partial charge in [0.05, 0.1) is 18.8 Å². The van der Waals surface area contributed by atoms with Gasteiger partial charge in [0.1, 0.15) is 12.4 Å². The lowest BCUT2D eigenvalue weighted by atomic mass is 10.0. The van der Waals surface area contributed by atoms with Crippen LogP contribution in [0.5, 0.6) is 5.75 Å². The summed E-state index contributed by atoms with van der Waals surface area (Å²) in [7, 11) is 3.43. The smallest absolute Gasteiger partial charge is 0.421 e. The van der Waals surface area contributed by atoms with E-state index in [2.05, 4.69) is 0 Å². The minimum Gasteiger partial charge on any atom is -0.497 e. The Morgan fingerprint density at radius 2 is 1.59 bits per heavy atom. The van der Waals surface area contributed by atoms with Crippen LogP contribution in [-0.2, 0) is 11.3 Å². The van der Waals surface area contributed by atoms with Crippen molar-refractivity contribution in [3.05, 3.63) is 107 Å². The van der Waals surface area contributed by atoms with E-state index in [1.54, 1.807) is 19.1 Å². The maximum absolute atomic E-state index is 13.1. The summed E-state index contributed by atoms with van der Waals surface area (Å²) in [5.41, 5.74) is 3.43. The van der Waals surface area contributed by atoms with Crippen molar-refractivity contribution in [1.29, 1.82) is 5.41 Å². The molecule has 0 saturated carbocycles. The number of nitrogens with zero attached hydrogens (tertiary/aromatic N) is 2. The van der Waals surface area contributed by atoms with Gasteiger partial charge in [0.2, 0.25) is 5.96 Å². The average molecular weight is 428 g/mol. The number of ether oxygens (including phenoxy) is 2. The molecule has 1 heterocycles. The Morgan fingerprint density at radius 1 is 0.969 bits per heavy atom. The summed E-state index contributed by atoms with van der Waals surface area (Å²) < 4.78 is 10.9. The molecular weight excluding hydrogens is 402 g/mol. The van der Waals surface area contributed by atoms with E-state index < -0.39 is 6.09 Å². The molecule has 3 aromatic carbocycles. The Kier molecular flexibility index (Phi) is 6.22. The lowest BCUT2D eigenvalue weighted by Crippen LogP contribution is -2.35. The summed E-state index contributed by atoms with van der Waals surface area (Å²) in [5, 5.41) is 8.67. The van der Waals surface area contributed by atoms with Crippen molar-refractivity contribution in [3.8, 4) is 5.75 Å². The van der Waals surface area contributed by atoms with Gasteiger partial charge < -0.3 is 14.4 Å². The molecule has 1 amide bonds. The number of carbonyl (C=O) groups is 1. The van der Waals surface area contributed by atoms with Gasteiger partial charge in [0.25, 0.3) is 0 Å². The molecule has 0 radical (unpaired) electrons. The number of hydrogen-bond donors (Lipinski definition) is 1. The first-order valence-corrected chi connectivity index (χ1v) is 10.3. The predicted molar refractivity (Wildman–Crippen MR) is 124 cm³/mol. The summed E-state index contributed by atoms with van der Waals surface area (Å²) >= 11 is 0. The molecule has 1 atom stereocenters. The first-order chi connectivity index (χ1) is 15.6. The molecule has 1 unspecified atom stereocenters. The highest BCUT2D eigenvalue weighted by Crippen LogP contribution is 2.39. The maximum atomic E-state index is 13.1. The quantitative estimate of drug-likeness (QED) is 0.600. The van der Waals surface area contributed by atoms with Gasteiger partial charge >= 0.3 is 6.09 Å². The van der Waals surface area contributed by atoms with Gasteiger partial charge in [-0.3, -0.25) is 5.41 Å². The molecule has 1 saturated heterocycles. The number of rotatable bonds is 5. The second-order valence-corrected chi connectivity index (χ2v) is 7.47. The van der Waals surface area contributed by atoms with Crippen LogP contribution in [0.3, 0.4) is 0 Å². The maximum Gasteiger partial charge on any atom is 0.421 e. The van der Waals surface area contributed by atoms with Gasteiger partial charge in [-0.25, -0.2) is 9.69 Å². The highest BCUT2D eigenvalue weighted by atomic mass is 16.6. The topological polar surface area (TPSA) is 65.9 Å². The molecule has 6 heteroatoms. The van der Waals surface area contributed by atoms with Gasteiger partial charge in [-0.15, -0.1) is 0 Å². The van der Waals surface area contributed by atoms with Crippen LogP contribution in [0.2, 0.25) is 0 Å². The van der Waals surface area contributed by atoms with E-state index in [-0.39, 0.29) is 18.6 Å². The highest BCUT2D eigenvalue weighted by Gasteiger charge is 2.42. The summed E-state index contributed by atoms with van der Waals surface area (Å²) in [4.78, 5) is 16.2. The zero-order valence-electron chi connectivity index (χ0n) is 18.1. The van der Waals surface area contributed by atoms with Crippen LogP contribution in [0.4, 0.5) is 4.79 Å². The zero-order chi connectivity index (χ0) is 22.5. The Labute approximate surface area is 187 Å². The van der Waals surface area contributed by atoms with Gasteiger partial charge in [-0.1, -0.05) is 72.8 Å². The van der Waals surface area contributed by atoms with Crippen LogP contribution in [0.1, 0.15) is 22.7 Å².